The number of carboxylic acids is 1. The molecule has 1 atom stereocenters. The zero-order valence-electron chi connectivity index (χ0n) is 16.1. The molecule has 0 saturated carbocycles. The summed E-state index contributed by atoms with van der Waals surface area (Å²) in [5.74, 6) is 0.237. The third kappa shape index (κ3) is 5.13. The van der Waals surface area contributed by atoms with Gasteiger partial charge < -0.3 is 19.3 Å². The Labute approximate surface area is 173 Å². The minimum Gasteiger partial charge on any atom is -0.486 e. The van der Waals surface area contributed by atoms with Crippen LogP contribution in [0.25, 0.3) is 0 Å². The molecule has 1 aliphatic rings. The maximum Gasteiger partial charge on any atom is 0.335 e. The predicted octanol–water partition coefficient (Wildman–Crippen LogP) is 5.49. The van der Waals surface area contributed by atoms with Gasteiger partial charge in [-0.05, 0) is 76.7 Å². The highest BCUT2D eigenvalue weighted by Crippen LogP contribution is 2.38. The summed E-state index contributed by atoms with van der Waals surface area (Å²) < 4.78 is 16.8. The fourth-order valence-electron chi connectivity index (χ4n) is 3.09. The molecule has 1 aliphatic heterocycles. The van der Waals surface area contributed by atoms with E-state index in [0.717, 1.165) is 29.7 Å². The lowest BCUT2D eigenvalue weighted by atomic mass is 9.98. The van der Waals surface area contributed by atoms with Crippen LogP contribution in [0.15, 0.2) is 48.5 Å². The van der Waals surface area contributed by atoms with E-state index in [1.807, 2.05) is 36.4 Å². The van der Waals surface area contributed by atoms with Gasteiger partial charge in [0.1, 0.15) is 11.9 Å². The van der Waals surface area contributed by atoms with Crippen molar-refractivity contribution in [2.75, 3.05) is 13.2 Å². The van der Waals surface area contributed by atoms with Crippen LogP contribution in [-0.4, -0.2) is 24.3 Å². The minimum atomic E-state index is -0.931. The van der Waals surface area contributed by atoms with Gasteiger partial charge in [-0.1, -0.05) is 26.0 Å². The number of hydrogen-bond acceptors (Lipinski definition) is 4. The van der Waals surface area contributed by atoms with Gasteiger partial charge in [-0.2, -0.15) is 0 Å². The van der Waals surface area contributed by atoms with Crippen molar-refractivity contribution in [3.63, 3.8) is 0 Å². The highest BCUT2D eigenvalue weighted by Gasteiger charge is 2.33. The smallest absolute Gasteiger partial charge is 0.335 e. The highest BCUT2D eigenvalue weighted by atomic mass is 79.9. The van der Waals surface area contributed by atoms with Gasteiger partial charge in [0.15, 0.2) is 0 Å². The molecule has 2 aromatic carbocycles. The molecule has 0 bridgehead atoms. The van der Waals surface area contributed by atoms with E-state index < -0.39 is 10.7 Å². The second-order valence-corrected chi connectivity index (χ2v) is 8.32. The van der Waals surface area contributed by atoms with E-state index in [0.29, 0.717) is 19.1 Å². The Kier molecular flexibility index (Phi) is 6.75. The van der Waals surface area contributed by atoms with Crippen molar-refractivity contribution in [3.8, 4) is 5.75 Å². The summed E-state index contributed by atoms with van der Waals surface area (Å²) in [7, 11) is 0. The van der Waals surface area contributed by atoms with E-state index >= 15 is 0 Å². The molecule has 1 saturated heterocycles. The molecular formula is C22H25BrO5. The van der Waals surface area contributed by atoms with Crippen molar-refractivity contribution in [1.82, 2.24) is 0 Å². The number of rotatable bonds is 7. The van der Waals surface area contributed by atoms with Crippen molar-refractivity contribution in [3.05, 3.63) is 65.2 Å². The van der Waals surface area contributed by atoms with Crippen LogP contribution < -0.4 is 4.74 Å². The third-order valence-corrected chi connectivity index (χ3v) is 5.47. The van der Waals surface area contributed by atoms with Crippen LogP contribution in [-0.2, 0) is 14.2 Å². The van der Waals surface area contributed by atoms with E-state index in [-0.39, 0.29) is 11.7 Å². The van der Waals surface area contributed by atoms with Crippen molar-refractivity contribution in [1.29, 1.82) is 0 Å². The predicted molar refractivity (Wildman–Crippen MR) is 110 cm³/mol. The van der Waals surface area contributed by atoms with Crippen molar-refractivity contribution in [2.45, 2.75) is 37.5 Å². The molecule has 1 N–H and O–H groups in total. The van der Waals surface area contributed by atoms with Crippen LogP contribution in [0.5, 0.6) is 5.75 Å². The number of alkyl halides is 1. The summed E-state index contributed by atoms with van der Waals surface area (Å²) in [6.07, 6.45) is 1.54. The average molecular weight is 449 g/mol. The quantitative estimate of drug-likeness (QED) is 0.566. The zero-order valence-corrected chi connectivity index (χ0v) is 17.6. The molecule has 1 unspecified atom stereocenters. The fourth-order valence-corrected chi connectivity index (χ4v) is 3.68. The molecule has 6 heteroatoms. The third-order valence-electron chi connectivity index (χ3n) is 4.56. The lowest BCUT2D eigenvalue weighted by Gasteiger charge is -2.32. The Balaban J connectivity index is 1.76. The molecule has 28 heavy (non-hydrogen) atoms. The first kappa shape index (κ1) is 20.8. The lowest BCUT2D eigenvalue weighted by molar-refractivity contribution is -0.207. The molecule has 5 nitrogen and oxygen atoms in total. The summed E-state index contributed by atoms with van der Waals surface area (Å²) in [6.45, 7) is 5.56. The number of carboxylic acid groups (broad SMARTS) is 1. The first-order valence-corrected chi connectivity index (χ1v) is 10.2. The molecule has 0 radical (unpaired) electrons. The number of hydrogen-bond donors (Lipinski definition) is 1. The van der Waals surface area contributed by atoms with Crippen LogP contribution in [0.2, 0.25) is 0 Å². The maximum absolute atomic E-state index is 11.1. The molecular weight excluding hydrogens is 424 g/mol. The van der Waals surface area contributed by atoms with E-state index in [4.69, 9.17) is 19.3 Å². The Morgan fingerprint density at radius 3 is 2.25 bits per heavy atom. The van der Waals surface area contributed by atoms with Gasteiger partial charge in [-0.25, -0.2) is 4.79 Å². The Morgan fingerprint density at radius 1 is 1.11 bits per heavy atom. The molecule has 3 rings (SSSR count). The van der Waals surface area contributed by atoms with Crippen molar-refractivity contribution >= 4 is 21.9 Å². The molecule has 2 aromatic rings. The number of benzene rings is 2. The number of halogens is 1. The monoisotopic (exact) mass is 448 g/mol. The average Bonchev–Trinajstić information content (AvgIpc) is 2.68. The van der Waals surface area contributed by atoms with Gasteiger partial charge in [0.2, 0.25) is 0 Å². The number of carbonyl (C=O) groups is 1. The first-order chi connectivity index (χ1) is 13.4. The van der Waals surface area contributed by atoms with Crippen LogP contribution in [0.4, 0.5) is 0 Å². The molecule has 0 spiro atoms. The summed E-state index contributed by atoms with van der Waals surface area (Å²) in [4.78, 5) is 11.1. The van der Waals surface area contributed by atoms with Crippen LogP contribution >= 0.6 is 15.9 Å². The van der Waals surface area contributed by atoms with Crippen LogP contribution in [0, 0.1) is 5.92 Å². The highest BCUT2D eigenvalue weighted by molar-refractivity contribution is 9.09. The number of ether oxygens (including phenoxy) is 3. The topological polar surface area (TPSA) is 65.0 Å². The summed E-state index contributed by atoms with van der Waals surface area (Å²) in [5.41, 5.74) is 2.11. The van der Waals surface area contributed by atoms with Crippen molar-refractivity contribution in [2.24, 2.45) is 5.92 Å². The first-order valence-electron chi connectivity index (χ1n) is 9.44. The SMILES string of the molecule is CC(C)CC(Oc1ccc(C2(Br)OCCCO2)cc1)c1ccc(C(=O)O)cc1. The normalized spacial score (nSPS) is 17.3. The fraction of sp³-hybridized carbons (Fsp3) is 0.409. The van der Waals surface area contributed by atoms with E-state index in [1.165, 1.54) is 0 Å². The van der Waals surface area contributed by atoms with Gasteiger partial charge in [0, 0.05) is 5.56 Å². The molecule has 0 aliphatic carbocycles. The Hall–Kier alpha value is -1.89. The molecule has 0 aromatic heterocycles. The van der Waals surface area contributed by atoms with Gasteiger partial charge in [-0.3, -0.25) is 0 Å². The minimum absolute atomic E-state index is 0.159. The summed E-state index contributed by atoms with van der Waals surface area (Å²) in [6, 6.07) is 14.5. The molecule has 1 fully saturated rings. The van der Waals surface area contributed by atoms with Gasteiger partial charge in [0.25, 0.3) is 4.70 Å². The van der Waals surface area contributed by atoms with Gasteiger partial charge in [-0.15, -0.1) is 0 Å². The second-order valence-electron chi connectivity index (χ2n) is 7.27. The lowest BCUT2D eigenvalue weighted by Crippen LogP contribution is -2.31. The van der Waals surface area contributed by atoms with Gasteiger partial charge in [0.05, 0.1) is 18.8 Å². The standard InChI is InChI=1S/C22H25BrO5/c1-15(2)14-20(16-4-6-17(7-5-16)21(24)25)28-19-10-8-18(9-11-19)22(23)26-12-3-13-27-22/h4-11,15,20H,3,12-14H2,1-2H3,(H,24,25). The van der Waals surface area contributed by atoms with Crippen LogP contribution in [0.1, 0.15) is 54.3 Å². The van der Waals surface area contributed by atoms with E-state index in [2.05, 4.69) is 29.8 Å². The Morgan fingerprint density at radius 2 is 1.71 bits per heavy atom. The molecule has 1 heterocycles. The summed E-state index contributed by atoms with van der Waals surface area (Å²) >= 11 is 3.53. The molecule has 150 valence electrons. The zero-order chi connectivity index (χ0) is 20.1. The number of aromatic carboxylic acids is 1. The summed E-state index contributed by atoms with van der Waals surface area (Å²) in [5, 5.41) is 9.09. The Bertz CT molecular complexity index is 780. The maximum atomic E-state index is 11.1. The van der Waals surface area contributed by atoms with Crippen LogP contribution in [0.3, 0.4) is 0 Å². The van der Waals surface area contributed by atoms with Crippen molar-refractivity contribution < 1.29 is 24.1 Å². The molecule has 0 amide bonds. The largest absolute Gasteiger partial charge is 0.486 e. The van der Waals surface area contributed by atoms with E-state index in [1.54, 1.807) is 12.1 Å². The van der Waals surface area contributed by atoms with Gasteiger partial charge >= 0.3 is 5.97 Å². The van der Waals surface area contributed by atoms with E-state index in [9.17, 15) is 4.79 Å². The second kappa shape index (κ2) is 9.07.